The monoisotopic (exact) mass is 323 g/mol. The van der Waals surface area contributed by atoms with Crippen LogP contribution in [0.15, 0.2) is 46.9 Å². The molecule has 0 bridgehead atoms. The number of hydrogen-bond acceptors (Lipinski definition) is 2. The van der Waals surface area contributed by atoms with Crippen LogP contribution in [0.3, 0.4) is 0 Å². The molecule has 0 fully saturated rings. The Hall–Kier alpha value is -1.39. The molecular formula is C15H15BrFNO. The van der Waals surface area contributed by atoms with E-state index >= 15 is 0 Å². The average Bonchev–Trinajstić information content (AvgIpc) is 2.43. The van der Waals surface area contributed by atoms with E-state index in [0.717, 1.165) is 15.8 Å². The van der Waals surface area contributed by atoms with Gasteiger partial charge in [-0.25, -0.2) is 4.39 Å². The van der Waals surface area contributed by atoms with Crippen LogP contribution in [0.25, 0.3) is 0 Å². The molecular weight excluding hydrogens is 309 g/mol. The topological polar surface area (TPSA) is 21.3 Å². The number of hydrogen-bond donors (Lipinski definition) is 1. The van der Waals surface area contributed by atoms with Crippen molar-refractivity contribution < 1.29 is 9.13 Å². The van der Waals surface area contributed by atoms with Crippen LogP contribution in [0.1, 0.15) is 11.1 Å². The van der Waals surface area contributed by atoms with E-state index < -0.39 is 0 Å². The summed E-state index contributed by atoms with van der Waals surface area (Å²) in [7, 11) is 1.64. The maximum atomic E-state index is 13.5. The van der Waals surface area contributed by atoms with Gasteiger partial charge in [-0.2, -0.15) is 0 Å². The molecule has 2 aromatic carbocycles. The van der Waals surface area contributed by atoms with E-state index in [1.54, 1.807) is 19.2 Å². The fourth-order valence-electron chi connectivity index (χ4n) is 1.76. The van der Waals surface area contributed by atoms with Crippen molar-refractivity contribution in [3.8, 4) is 5.75 Å². The number of nitrogens with one attached hydrogen (secondary N) is 1. The van der Waals surface area contributed by atoms with Gasteiger partial charge in [0.25, 0.3) is 0 Å². The minimum Gasteiger partial charge on any atom is -0.497 e. The highest BCUT2D eigenvalue weighted by atomic mass is 79.9. The largest absolute Gasteiger partial charge is 0.497 e. The normalized spacial score (nSPS) is 10.5. The Labute approximate surface area is 120 Å². The van der Waals surface area contributed by atoms with Crippen molar-refractivity contribution in [1.82, 2.24) is 5.32 Å². The summed E-state index contributed by atoms with van der Waals surface area (Å²) in [4.78, 5) is 0. The van der Waals surface area contributed by atoms with Crippen LogP contribution < -0.4 is 10.1 Å². The molecule has 0 aliphatic heterocycles. The molecule has 0 heterocycles. The molecule has 2 rings (SSSR count). The maximum Gasteiger partial charge on any atom is 0.127 e. The Morgan fingerprint density at radius 3 is 2.53 bits per heavy atom. The lowest BCUT2D eigenvalue weighted by Gasteiger charge is -2.07. The fourth-order valence-corrected chi connectivity index (χ4v) is 2.17. The van der Waals surface area contributed by atoms with Crippen molar-refractivity contribution in [1.29, 1.82) is 0 Å². The molecule has 100 valence electrons. The first-order chi connectivity index (χ1) is 9.19. The summed E-state index contributed by atoms with van der Waals surface area (Å²) in [5.74, 6) is 0.646. The van der Waals surface area contributed by atoms with Crippen LogP contribution in [-0.2, 0) is 13.1 Å². The predicted molar refractivity (Wildman–Crippen MR) is 77.6 cm³/mol. The summed E-state index contributed by atoms with van der Waals surface area (Å²) in [5.41, 5.74) is 1.79. The number of rotatable bonds is 5. The zero-order valence-electron chi connectivity index (χ0n) is 10.6. The highest BCUT2D eigenvalue weighted by Gasteiger charge is 2.02. The number of benzene rings is 2. The third-order valence-electron chi connectivity index (χ3n) is 2.81. The zero-order chi connectivity index (χ0) is 13.7. The van der Waals surface area contributed by atoms with Crippen molar-refractivity contribution in [3.63, 3.8) is 0 Å². The molecule has 0 aromatic heterocycles. The second-order valence-electron chi connectivity index (χ2n) is 4.19. The summed E-state index contributed by atoms with van der Waals surface area (Å²) in [6.07, 6.45) is 0. The van der Waals surface area contributed by atoms with Crippen molar-refractivity contribution in [2.24, 2.45) is 0 Å². The smallest absolute Gasteiger partial charge is 0.127 e. The van der Waals surface area contributed by atoms with Gasteiger partial charge in [-0.1, -0.05) is 28.1 Å². The molecule has 0 atom stereocenters. The fraction of sp³-hybridized carbons (Fsp3) is 0.200. The van der Waals surface area contributed by atoms with Gasteiger partial charge in [0, 0.05) is 23.1 Å². The minimum atomic E-state index is -0.189. The maximum absolute atomic E-state index is 13.5. The lowest BCUT2D eigenvalue weighted by molar-refractivity contribution is 0.414. The second kappa shape index (κ2) is 6.68. The van der Waals surface area contributed by atoms with Gasteiger partial charge in [0.15, 0.2) is 0 Å². The molecule has 2 aromatic rings. The molecule has 4 heteroatoms. The first-order valence-corrected chi connectivity index (χ1v) is 6.76. The summed E-state index contributed by atoms with van der Waals surface area (Å²) in [5, 5.41) is 3.22. The number of halogens is 2. The lowest BCUT2D eigenvalue weighted by atomic mass is 10.2. The first kappa shape index (κ1) is 14.0. The molecule has 0 saturated carbocycles. The highest BCUT2D eigenvalue weighted by Crippen LogP contribution is 2.16. The van der Waals surface area contributed by atoms with Gasteiger partial charge in [-0.15, -0.1) is 0 Å². The molecule has 2 nitrogen and oxygen atoms in total. The van der Waals surface area contributed by atoms with Crippen molar-refractivity contribution in [3.05, 3.63) is 63.9 Å². The Morgan fingerprint density at radius 1 is 1.11 bits per heavy atom. The van der Waals surface area contributed by atoms with Crippen LogP contribution in [0.2, 0.25) is 0 Å². The molecule has 0 aliphatic rings. The standard InChI is InChI=1S/C15H15BrFNO/c1-19-14-5-2-11(3-6-14)9-18-10-12-8-13(16)4-7-15(12)17/h2-8,18H,9-10H2,1H3. The van der Waals surface area contributed by atoms with Gasteiger partial charge < -0.3 is 10.1 Å². The van der Waals surface area contributed by atoms with E-state index in [2.05, 4.69) is 21.2 Å². The van der Waals surface area contributed by atoms with E-state index in [-0.39, 0.29) is 5.82 Å². The molecule has 0 spiro atoms. The van der Waals surface area contributed by atoms with Crippen molar-refractivity contribution in [2.45, 2.75) is 13.1 Å². The van der Waals surface area contributed by atoms with E-state index in [1.165, 1.54) is 6.07 Å². The first-order valence-electron chi connectivity index (χ1n) is 5.96. The van der Waals surface area contributed by atoms with Gasteiger partial charge in [0.05, 0.1) is 7.11 Å². The van der Waals surface area contributed by atoms with Gasteiger partial charge in [0.1, 0.15) is 11.6 Å². The Balaban J connectivity index is 1.90. The molecule has 0 saturated heterocycles. The quantitative estimate of drug-likeness (QED) is 0.901. The third kappa shape index (κ3) is 4.04. The summed E-state index contributed by atoms with van der Waals surface area (Å²) < 4.78 is 19.5. The van der Waals surface area contributed by atoms with Crippen LogP contribution in [0, 0.1) is 5.82 Å². The van der Waals surface area contributed by atoms with Crippen LogP contribution in [-0.4, -0.2) is 7.11 Å². The lowest BCUT2D eigenvalue weighted by Crippen LogP contribution is -2.13. The van der Waals surface area contributed by atoms with Crippen molar-refractivity contribution in [2.75, 3.05) is 7.11 Å². The van der Waals surface area contributed by atoms with Gasteiger partial charge in [0.2, 0.25) is 0 Å². The van der Waals surface area contributed by atoms with Gasteiger partial charge >= 0.3 is 0 Å². The SMILES string of the molecule is COc1ccc(CNCc2cc(Br)ccc2F)cc1. The third-order valence-corrected chi connectivity index (χ3v) is 3.30. The molecule has 19 heavy (non-hydrogen) atoms. The van der Waals surface area contributed by atoms with E-state index in [0.29, 0.717) is 18.7 Å². The minimum absolute atomic E-state index is 0.189. The Bertz CT molecular complexity index is 542. The molecule has 0 unspecified atom stereocenters. The Morgan fingerprint density at radius 2 is 1.84 bits per heavy atom. The average molecular weight is 324 g/mol. The van der Waals surface area contributed by atoms with Crippen LogP contribution >= 0.6 is 15.9 Å². The van der Waals surface area contributed by atoms with Crippen LogP contribution in [0.4, 0.5) is 4.39 Å². The van der Waals surface area contributed by atoms with Crippen molar-refractivity contribution >= 4 is 15.9 Å². The predicted octanol–water partition coefficient (Wildman–Crippen LogP) is 3.89. The van der Waals surface area contributed by atoms with Gasteiger partial charge in [-0.05, 0) is 35.9 Å². The van der Waals surface area contributed by atoms with E-state index in [9.17, 15) is 4.39 Å². The summed E-state index contributed by atoms with van der Waals surface area (Å²) in [6.45, 7) is 1.19. The highest BCUT2D eigenvalue weighted by molar-refractivity contribution is 9.10. The van der Waals surface area contributed by atoms with Gasteiger partial charge in [-0.3, -0.25) is 0 Å². The summed E-state index contributed by atoms with van der Waals surface area (Å²) >= 11 is 3.34. The second-order valence-corrected chi connectivity index (χ2v) is 5.10. The summed E-state index contributed by atoms with van der Waals surface area (Å²) in [6, 6.07) is 12.8. The Kier molecular flexibility index (Phi) is 4.93. The molecule has 1 N–H and O–H groups in total. The van der Waals surface area contributed by atoms with E-state index in [4.69, 9.17) is 4.74 Å². The van der Waals surface area contributed by atoms with E-state index in [1.807, 2.05) is 24.3 Å². The molecule has 0 amide bonds. The van der Waals surface area contributed by atoms with Crippen LogP contribution in [0.5, 0.6) is 5.75 Å². The number of ether oxygens (including phenoxy) is 1. The molecule has 0 radical (unpaired) electrons. The zero-order valence-corrected chi connectivity index (χ0v) is 12.2. The molecule has 0 aliphatic carbocycles. The number of methoxy groups -OCH3 is 1.